The van der Waals surface area contributed by atoms with Gasteiger partial charge in [-0.2, -0.15) is 0 Å². The molecule has 0 saturated carbocycles. The Kier molecular flexibility index (Phi) is 4.22. The van der Waals surface area contributed by atoms with Crippen LogP contribution < -0.4 is 5.56 Å². The molecule has 0 atom stereocenters. The Balaban J connectivity index is 2.43. The summed E-state index contributed by atoms with van der Waals surface area (Å²) < 4.78 is 14.6. The van der Waals surface area contributed by atoms with Crippen molar-refractivity contribution in [3.63, 3.8) is 0 Å². The fraction of sp³-hybridized carbons (Fsp3) is 0.231. The normalized spacial score (nSPS) is 10.7. The molecule has 3 nitrogen and oxygen atoms in total. The van der Waals surface area contributed by atoms with Gasteiger partial charge in [0.2, 0.25) is 0 Å². The van der Waals surface area contributed by atoms with E-state index >= 15 is 0 Å². The molecule has 6 heteroatoms. The topological polar surface area (TPSA) is 34.9 Å². The number of aryl methyl sites for hydroxylation is 1. The molecule has 1 aromatic heterocycles. The van der Waals surface area contributed by atoms with Crippen molar-refractivity contribution >= 4 is 23.2 Å². The number of halogens is 3. The second kappa shape index (κ2) is 5.72. The van der Waals surface area contributed by atoms with E-state index in [4.69, 9.17) is 23.2 Å². The summed E-state index contributed by atoms with van der Waals surface area (Å²) in [5.41, 5.74) is 0.490. The molecule has 0 N–H and O–H groups in total. The van der Waals surface area contributed by atoms with Crippen molar-refractivity contribution < 1.29 is 4.39 Å². The van der Waals surface area contributed by atoms with E-state index in [1.807, 2.05) is 6.92 Å². The first-order valence-electron chi connectivity index (χ1n) is 5.71. The van der Waals surface area contributed by atoms with Gasteiger partial charge >= 0.3 is 0 Å². The molecule has 0 amide bonds. The van der Waals surface area contributed by atoms with Crippen molar-refractivity contribution in [2.24, 2.45) is 0 Å². The molecule has 0 bridgehead atoms. The van der Waals surface area contributed by atoms with Gasteiger partial charge in [-0.05, 0) is 17.7 Å². The lowest BCUT2D eigenvalue weighted by Crippen LogP contribution is -2.24. The molecule has 0 spiro atoms. The molecule has 1 aromatic carbocycles. The van der Waals surface area contributed by atoms with Gasteiger partial charge in [0.25, 0.3) is 5.56 Å². The summed E-state index contributed by atoms with van der Waals surface area (Å²) in [6.45, 7) is 2.17. The molecule has 2 aromatic rings. The molecule has 100 valence electrons. The molecule has 0 saturated heterocycles. The third-order valence-corrected chi connectivity index (χ3v) is 3.18. The summed E-state index contributed by atoms with van der Waals surface area (Å²) in [5, 5.41) is 0.209. The van der Waals surface area contributed by atoms with Gasteiger partial charge in [-0.15, -0.1) is 0 Å². The minimum Gasteiger partial charge on any atom is -0.292 e. The average molecular weight is 301 g/mol. The smallest absolute Gasteiger partial charge is 0.255 e. The van der Waals surface area contributed by atoms with Crippen LogP contribution in [0.1, 0.15) is 18.3 Å². The Labute approximate surface area is 119 Å². The molecule has 0 radical (unpaired) electrons. The highest BCUT2D eigenvalue weighted by Crippen LogP contribution is 2.17. The van der Waals surface area contributed by atoms with Crippen molar-refractivity contribution in [1.29, 1.82) is 0 Å². The van der Waals surface area contributed by atoms with E-state index in [0.717, 1.165) is 5.56 Å². The predicted molar refractivity (Wildman–Crippen MR) is 73.4 cm³/mol. The fourth-order valence-corrected chi connectivity index (χ4v) is 2.18. The zero-order chi connectivity index (χ0) is 14.0. The number of aromatic nitrogens is 2. The number of hydrogen-bond donors (Lipinski definition) is 0. The van der Waals surface area contributed by atoms with Crippen LogP contribution in [0.25, 0.3) is 0 Å². The van der Waals surface area contributed by atoms with E-state index in [9.17, 15) is 9.18 Å². The van der Waals surface area contributed by atoms with E-state index in [1.54, 1.807) is 6.07 Å². The lowest BCUT2D eigenvalue weighted by Gasteiger charge is -2.11. The summed E-state index contributed by atoms with van der Waals surface area (Å²) in [6.07, 6.45) is 0.574. The molecule has 0 aliphatic rings. The van der Waals surface area contributed by atoms with E-state index < -0.39 is 5.82 Å². The van der Waals surface area contributed by atoms with Crippen LogP contribution in [0.15, 0.2) is 29.1 Å². The Morgan fingerprint density at radius 3 is 2.68 bits per heavy atom. The lowest BCUT2D eigenvalue weighted by atomic mass is 10.2. The largest absolute Gasteiger partial charge is 0.292 e. The summed E-state index contributed by atoms with van der Waals surface area (Å²) >= 11 is 11.5. The van der Waals surface area contributed by atoms with Gasteiger partial charge < -0.3 is 0 Å². The summed E-state index contributed by atoms with van der Waals surface area (Å²) in [5.74, 6) is 0.0978. The zero-order valence-electron chi connectivity index (χ0n) is 10.2. The van der Waals surface area contributed by atoms with Crippen LogP contribution in [-0.2, 0) is 13.0 Å². The first-order chi connectivity index (χ1) is 9.01. The van der Waals surface area contributed by atoms with E-state index in [1.165, 1.54) is 22.8 Å². The summed E-state index contributed by atoms with van der Waals surface area (Å²) in [6, 6.07) is 5.61. The zero-order valence-corrected chi connectivity index (χ0v) is 11.7. The first-order valence-corrected chi connectivity index (χ1v) is 6.47. The molecular weight excluding hydrogens is 290 g/mol. The van der Waals surface area contributed by atoms with Gasteiger partial charge in [0.1, 0.15) is 16.8 Å². The molecule has 1 heterocycles. The van der Waals surface area contributed by atoms with Gasteiger partial charge in [-0.25, -0.2) is 9.37 Å². The third-order valence-electron chi connectivity index (χ3n) is 2.70. The van der Waals surface area contributed by atoms with Crippen molar-refractivity contribution in [3.8, 4) is 0 Å². The van der Waals surface area contributed by atoms with Crippen LogP contribution in [0.3, 0.4) is 0 Å². The summed E-state index contributed by atoms with van der Waals surface area (Å²) in [4.78, 5) is 16.0. The molecule has 0 fully saturated rings. The van der Waals surface area contributed by atoms with Gasteiger partial charge in [-0.3, -0.25) is 9.36 Å². The van der Waals surface area contributed by atoms with Gasteiger partial charge in [0.15, 0.2) is 0 Å². The Morgan fingerprint density at radius 1 is 1.32 bits per heavy atom. The average Bonchev–Trinajstić information content (AvgIpc) is 2.36. The van der Waals surface area contributed by atoms with Crippen molar-refractivity contribution in [2.75, 3.05) is 0 Å². The monoisotopic (exact) mass is 300 g/mol. The third kappa shape index (κ3) is 3.14. The number of nitrogens with zero attached hydrogens (tertiary/aromatic N) is 2. The Morgan fingerprint density at radius 2 is 2.05 bits per heavy atom. The second-order valence-electron chi connectivity index (χ2n) is 4.02. The molecule has 2 rings (SSSR count). The van der Waals surface area contributed by atoms with Crippen LogP contribution in [0.5, 0.6) is 0 Å². The second-order valence-corrected chi connectivity index (χ2v) is 4.82. The lowest BCUT2D eigenvalue weighted by molar-refractivity contribution is 0.624. The van der Waals surface area contributed by atoms with Crippen molar-refractivity contribution in [2.45, 2.75) is 19.9 Å². The molecule has 0 aliphatic carbocycles. The van der Waals surface area contributed by atoms with E-state index in [2.05, 4.69) is 4.98 Å². The van der Waals surface area contributed by atoms with Gasteiger partial charge in [-0.1, -0.05) is 36.2 Å². The fourth-order valence-electron chi connectivity index (χ4n) is 1.78. The SMILES string of the molecule is CCc1nc(Cl)cc(=O)n1Cc1ccc(F)c(Cl)c1. The minimum atomic E-state index is -0.484. The first kappa shape index (κ1) is 14.0. The number of benzene rings is 1. The van der Waals surface area contributed by atoms with Crippen molar-refractivity contribution in [3.05, 3.63) is 62.0 Å². The molecule has 0 unspecified atom stereocenters. The predicted octanol–water partition coefficient (Wildman–Crippen LogP) is 3.30. The minimum absolute atomic E-state index is 0.0329. The van der Waals surface area contributed by atoms with Crippen LogP contribution >= 0.6 is 23.2 Å². The summed E-state index contributed by atoms with van der Waals surface area (Å²) in [7, 11) is 0. The highest BCUT2D eigenvalue weighted by Gasteiger charge is 2.08. The highest BCUT2D eigenvalue weighted by atomic mass is 35.5. The van der Waals surface area contributed by atoms with Crippen LogP contribution in [0, 0.1) is 5.82 Å². The Hall–Kier alpha value is -1.39. The molecule has 19 heavy (non-hydrogen) atoms. The van der Waals surface area contributed by atoms with Crippen molar-refractivity contribution in [1.82, 2.24) is 9.55 Å². The standard InChI is InChI=1S/C13H11Cl2FN2O/c1-2-12-17-11(15)6-13(19)18(12)7-8-3-4-10(16)9(14)5-8/h3-6H,2,7H2,1H3. The maximum Gasteiger partial charge on any atom is 0.255 e. The Bertz CT molecular complexity index is 670. The van der Waals surface area contributed by atoms with E-state index in [-0.39, 0.29) is 22.3 Å². The van der Waals surface area contributed by atoms with Gasteiger partial charge in [0, 0.05) is 12.5 Å². The van der Waals surface area contributed by atoms with Crippen LogP contribution in [-0.4, -0.2) is 9.55 Å². The maximum atomic E-state index is 13.1. The van der Waals surface area contributed by atoms with Crippen LogP contribution in [0.4, 0.5) is 4.39 Å². The quantitative estimate of drug-likeness (QED) is 0.815. The molecular formula is C13H11Cl2FN2O. The number of hydrogen-bond acceptors (Lipinski definition) is 2. The number of rotatable bonds is 3. The highest BCUT2D eigenvalue weighted by molar-refractivity contribution is 6.30. The van der Waals surface area contributed by atoms with Crippen LogP contribution in [0.2, 0.25) is 10.2 Å². The van der Waals surface area contributed by atoms with E-state index in [0.29, 0.717) is 12.2 Å². The molecule has 0 aliphatic heterocycles. The van der Waals surface area contributed by atoms with Gasteiger partial charge in [0.05, 0.1) is 11.6 Å². The maximum absolute atomic E-state index is 13.1.